The van der Waals surface area contributed by atoms with Crippen LogP contribution in [0.5, 0.6) is 0 Å². The molecule has 2 rings (SSSR count). The molecule has 0 unspecified atom stereocenters. The summed E-state index contributed by atoms with van der Waals surface area (Å²) in [5.41, 5.74) is 0.0667. The van der Waals surface area contributed by atoms with Crippen LogP contribution in [0.3, 0.4) is 0 Å². The van der Waals surface area contributed by atoms with Crippen LogP contribution < -0.4 is 0 Å². The summed E-state index contributed by atoms with van der Waals surface area (Å²) in [6, 6.07) is 3.13. The molecule has 1 aromatic carbocycles. The smallest absolute Gasteiger partial charge is 0.171 e. The van der Waals surface area contributed by atoms with Crippen molar-refractivity contribution >= 4 is 11.6 Å². The fourth-order valence-corrected chi connectivity index (χ4v) is 1.30. The zero-order chi connectivity index (χ0) is 10.8. The molecule has 0 spiro atoms. The van der Waals surface area contributed by atoms with Crippen molar-refractivity contribution in [3.05, 3.63) is 35.7 Å². The molecule has 0 atom stereocenters. The average molecular weight is 231 g/mol. The first-order valence-electron chi connectivity index (χ1n) is 4.01. The normalized spacial score (nSPS) is 10.6. The molecule has 0 aliphatic carbocycles. The van der Waals surface area contributed by atoms with Crippen LogP contribution in [0.1, 0.15) is 5.82 Å². The zero-order valence-corrected chi connectivity index (χ0v) is 8.12. The molecular weight excluding hydrogens is 226 g/mol. The summed E-state index contributed by atoms with van der Waals surface area (Å²) in [7, 11) is 0. The monoisotopic (exact) mass is 230 g/mol. The van der Waals surface area contributed by atoms with E-state index in [1.165, 1.54) is 6.07 Å². The number of hydrogen-bond donors (Lipinski definition) is 0. The van der Waals surface area contributed by atoms with Crippen LogP contribution in [0.2, 0.25) is 0 Å². The third-order valence-electron chi connectivity index (χ3n) is 1.79. The standard InChI is InChI=1S/C8H5ClF2N4/c9-4-8-12-13-14-15(8)7-2-1-5(10)3-6(7)11/h1-3H,4H2. The molecule has 0 fully saturated rings. The Kier molecular flexibility index (Phi) is 2.59. The van der Waals surface area contributed by atoms with E-state index in [-0.39, 0.29) is 11.6 Å². The first-order valence-corrected chi connectivity index (χ1v) is 4.54. The maximum atomic E-state index is 13.3. The number of nitrogens with zero attached hydrogens (tertiary/aromatic N) is 4. The van der Waals surface area contributed by atoms with E-state index in [0.717, 1.165) is 16.8 Å². The van der Waals surface area contributed by atoms with Crippen molar-refractivity contribution in [2.75, 3.05) is 0 Å². The van der Waals surface area contributed by atoms with Crippen LogP contribution in [-0.2, 0) is 5.88 Å². The van der Waals surface area contributed by atoms with E-state index in [2.05, 4.69) is 15.5 Å². The van der Waals surface area contributed by atoms with Gasteiger partial charge in [-0.15, -0.1) is 16.7 Å². The van der Waals surface area contributed by atoms with Crippen LogP contribution in [0.15, 0.2) is 18.2 Å². The summed E-state index contributed by atoms with van der Waals surface area (Å²) in [6.07, 6.45) is 0. The molecule has 78 valence electrons. The maximum absolute atomic E-state index is 13.3. The Labute approximate surface area is 88.5 Å². The molecule has 15 heavy (non-hydrogen) atoms. The van der Waals surface area contributed by atoms with Crippen LogP contribution in [0.25, 0.3) is 5.69 Å². The topological polar surface area (TPSA) is 43.6 Å². The van der Waals surface area contributed by atoms with Gasteiger partial charge in [-0.2, -0.15) is 4.68 Å². The molecule has 2 aromatic rings. The number of hydrogen-bond acceptors (Lipinski definition) is 3. The summed E-state index contributed by atoms with van der Waals surface area (Å²) >= 11 is 5.55. The third-order valence-corrected chi connectivity index (χ3v) is 2.03. The quantitative estimate of drug-likeness (QED) is 0.738. The number of halogens is 3. The predicted molar refractivity (Wildman–Crippen MR) is 48.6 cm³/mol. The lowest BCUT2D eigenvalue weighted by Crippen LogP contribution is -2.04. The number of alkyl halides is 1. The highest BCUT2D eigenvalue weighted by molar-refractivity contribution is 6.16. The Hall–Kier alpha value is -1.56. The Bertz CT molecular complexity index is 485. The van der Waals surface area contributed by atoms with Crippen molar-refractivity contribution in [3.63, 3.8) is 0 Å². The van der Waals surface area contributed by atoms with Gasteiger partial charge in [0.2, 0.25) is 0 Å². The molecule has 1 aromatic heterocycles. The first-order chi connectivity index (χ1) is 7.22. The highest BCUT2D eigenvalue weighted by Crippen LogP contribution is 2.15. The molecule has 0 bridgehead atoms. The molecule has 0 radical (unpaired) electrons. The van der Waals surface area contributed by atoms with Gasteiger partial charge in [0.25, 0.3) is 0 Å². The van der Waals surface area contributed by atoms with Crippen LogP contribution in [0.4, 0.5) is 8.78 Å². The van der Waals surface area contributed by atoms with E-state index in [1.54, 1.807) is 0 Å². The average Bonchev–Trinajstić information content (AvgIpc) is 2.65. The van der Waals surface area contributed by atoms with E-state index in [9.17, 15) is 8.78 Å². The van der Waals surface area contributed by atoms with Crippen molar-refractivity contribution in [1.82, 2.24) is 20.2 Å². The van der Waals surface area contributed by atoms with Gasteiger partial charge in [-0.1, -0.05) is 0 Å². The number of benzene rings is 1. The SMILES string of the molecule is Fc1ccc(-n2nnnc2CCl)c(F)c1. The zero-order valence-electron chi connectivity index (χ0n) is 7.36. The van der Waals surface area contributed by atoms with E-state index < -0.39 is 11.6 Å². The van der Waals surface area contributed by atoms with E-state index in [0.29, 0.717) is 5.82 Å². The Morgan fingerprint density at radius 3 is 2.80 bits per heavy atom. The fraction of sp³-hybridized carbons (Fsp3) is 0.125. The second-order valence-electron chi connectivity index (χ2n) is 2.74. The molecule has 0 saturated carbocycles. The summed E-state index contributed by atoms with van der Waals surface area (Å²) in [5.74, 6) is -1.06. The second-order valence-corrected chi connectivity index (χ2v) is 3.00. The minimum absolute atomic E-state index is 0.0455. The highest BCUT2D eigenvalue weighted by atomic mass is 35.5. The molecule has 0 N–H and O–H groups in total. The summed E-state index contributed by atoms with van der Waals surface area (Å²) in [6.45, 7) is 0. The Balaban J connectivity index is 2.54. The van der Waals surface area contributed by atoms with Crippen LogP contribution in [-0.4, -0.2) is 20.2 Å². The third kappa shape index (κ3) is 1.80. The van der Waals surface area contributed by atoms with Crippen LogP contribution >= 0.6 is 11.6 Å². The van der Waals surface area contributed by atoms with Gasteiger partial charge in [-0.3, -0.25) is 0 Å². The Morgan fingerprint density at radius 1 is 1.33 bits per heavy atom. The molecule has 1 heterocycles. The van der Waals surface area contributed by atoms with Crippen molar-refractivity contribution in [3.8, 4) is 5.69 Å². The van der Waals surface area contributed by atoms with Gasteiger partial charge in [0, 0.05) is 6.07 Å². The van der Waals surface area contributed by atoms with Gasteiger partial charge < -0.3 is 0 Å². The molecule has 0 aliphatic rings. The molecule has 7 heteroatoms. The van der Waals surface area contributed by atoms with Crippen molar-refractivity contribution in [2.45, 2.75) is 5.88 Å². The lowest BCUT2D eigenvalue weighted by atomic mass is 10.3. The largest absolute Gasteiger partial charge is 0.207 e. The number of tetrazole rings is 1. The minimum atomic E-state index is -0.742. The van der Waals surface area contributed by atoms with E-state index in [1.807, 2.05) is 0 Å². The first kappa shape index (κ1) is 9.97. The van der Waals surface area contributed by atoms with Gasteiger partial charge in [0.05, 0.1) is 5.88 Å². The van der Waals surface area contributed by atoms with Gasteiger partial charge >= 0.3 is 0 Å². The van der Waals surface area contributed by atoms with Gasteiger partial charge in [-0.25, -0.2) is 8.78 Å². The highest BCUT2D eigenvalue weighted by Gasteiger charge is 2.11. The molecule has 0 saturated heterocycles. The summed E-state index contributed by atoms with van der Waals surface area (Å²) < 4.78 is 27.1. The maximum Gasteiger partial charge on any atom is 0.171 e. The number of aromatic nitrogens is 4. The summed E-state index contributed by atoms with van der Waals surface area (Å²) in [4.78, 5) is 0. The van der Waals surface area contributed by atoms with Crippen molar-refractivity contribution in [2.24, 2.45) is 0 Å². The molecule has 0 amide bonds. The van der Waals surface area contributed by atoms with E-state index >= 15 is 0 Å². The van der Waals surface area contributed by atoms with Gasteiger partial charge in [0.1, 0.15) is 11.5 Å². The Morgan fingerprint density at radius 2 is 2.13 bits per heavy atom. The van der Waals surface area contributed by atoms with Gasteiger partial charge in [-0.05, 0) is 22.6 Å². The van der Waals surface area contributed by atoms with Gasteiger partial charge in [0.15, 0.2) is 11.6 Å². The minimum Gasteiger partial charge on any atom is -0.207 e. The second kappa shape index (κ2) is 3.90. The summed E-state index contributed by atoms with van der Waals surface area (Å²) in [5, 5.41) is 10.5. The lowest BCUT2D eigenvalue weighted by Gasteiger charge is -2.03. The van der Waals surface area contributed by atoms with Crippen molar-refractivity contribution in [1.29, 1.82) is 0 Å². The predicted octanol–water partition coefficient (Wildman–Crippen LogP) is 1.68. The molecule has 0 aliphatic heterocycles. The van der Waals surface area contributed by atoms with E-state index in [4.69, 9.17) is 11.6 Å². The number of rotatable bonds is 2. The van der Waals surface area contributed by atoms with Crippen molar-refractivity contribution < 1.29 is 8.78 Å². The lowest BCUT2D eigenvalue weighted by molar-refractivity contribution is 0.570. The molecular formula is C8H5ClF2N4. The fourth-order valence-electron chi connectivity index (χ4n) is 1.13. The van der Waals surface area contributed by atoms with Crippen LogP contribution in [0, 0.1) is 11.6 Å². The molecule has 4 nitrogen and oxygen atoms in total.